The summed E-state index contributed by atoms with van der Waals surface area (Å²) in [4.78, 5) is 16.0. The largest absolute Gasteiger partial charge is 0.439 e. The zero-order chi connectivity index (χ0) is 20.6. The molecule has 3 rings (SSSR count). The van der Waals surface area contributed by atoms with Crippen LogP contribution in [0.25, 0.3) is 0 Å². The number of anilines is 1. The third-order valence-electron chi connectivity index (χ3n) is 3.63. The summed E-state index contributed by atoms with van der Waals surface area (Å²) in [7, 11) is 0. The Morgan fingerprint density at radius 2 is 1.66 bits per heavy atom. The van der Waals surface area contributed by atoms with Crippen LogP contribution in [-0.2, 0) is 6.54 Å². The maximum Gasteiger partial charge on any atom is 0.387 e. The molecule has 9 heteroatoms. The molecule has 2 amide bonds. The smallest absolute Gasteiger partial charge is 0.387 e. The molecular weight excluding hydrogens is 387 g/mol. The van der Waals surface area contributed by atoms with Gasteiger partial charge in [0.15, 0.2) is 0 Å². The van der Waals surface area contributed by atoms with Crippen LogP contribution in [0.4, 0.5) is 23.7 Å². The molecule has 6 nitrogen and oxygen atoms in total. The highest BCUT2D eigenvalue weighted by atomic mass is 19.3. The fourth-order valence-corrected chi connectivity index (χ4v) is 2.28. The molecule has 0 bridgehead atoms. The second-order valence-electron chi connectivity index (χ2n) is 5.77. The Balaban J connectivity index is 1.47. The van der Waals surface area contributed by atoms with Gasteiger partial charge in [-0.05, 0) is 48.0 Å². The fourth-order valence-electron chi connectivity index (χ4n) is 2.28. The van der Waals surface area contributed by atoms with Gasteiger partial charge in [0.25, 0.3) is 0 Å². The molecule has 0 saturated carbocycles. The first-order valence-electron chi connectivity index (χ1n) is 8.46. The summed E-state index contributed by atoms with van der Waals surface area (Å²) >= 11 is 0. The number of hydrogen-bond acceptors (Lipinski definition) is 4. The summed E-state index contributed by atoms with van der Waals surface area (Å²) in [6.07, 6.45) is 1.41. The Bertz CT molecular complexity index is 934. The van der Waals surface area contributed by atoms with Crippen molar-refractivity contribution in [1.82, 2.24) is 10.3 Å². The van der Waals surface area contributed by atoms with Crippen LogP contribution in [-0.4, -0.2) is 17.6 Å². The van der Waals surface area contributed by atoms with Crippen molar-refractivity contribution in [2.24, 2.45) is 0 Å². The molecule has 0 aliphatic carbocycles. The topological polar surface area (TPSA) is 72.5 Å². The normalized spacial score (nSPS) is 10.5. The van der Waals surface area contributed by atoms with Gasteiger partial charge < -0.3 is 20.1 Å². The van der Waals surface area contributed by atoms with Crippen LogP contribution >= 0.6 is 0 Å². The third kappa shape index (κ3) is 6.42. The monoisotopic (exact) mass is 403 g/mol. The van der Waals surface area contributed by atoms with Crippen molar-refractivity contribution in [3.8, 4) is 17.4 Å². The number of carbonyl (C=O) groups excluding carboxylic acids is 1. The highest BCUT2D eigenvalue weighted by Crippen LogP contribution is 2.20. The minimum absolute atomic E-state index is 0.0437. The first-order chi connectivity index (χ1) is 14.0. The number of halogens is 3. The minimum atomic E-state index is -2.88. The Hall–Kier alpha value is -3.75. The number of urea groups is 1. The van der Waals surface area contributed by atoms with E-state index < -0.39 is 12.6 Å². The van der Waals surface area contributed by atoms with Gasteiger partial charge in [0, 0.05) is 12.6 Å². The zero-order valence-corrected chi connectivity index (χ0v) is 14.9. The van der Waals surface area contributed by atoms with Gasteiger partial charge in [0.1, 0.15) is 17.3 Å². The van der Waals surface area contributed by atoms with Crippen molar-refractivity contribution in [3.63, 3.8) is 0 Å². The van der Waals surface area contributed by atoms with Crippen molar-refractivity contribution in [1.29, 1.82) is 0 Å². The van der Waals surface area contributed by atoms with Crippen LogP contribution in [0.1, 0.15) is 5.56 Å². The third-order valence-corrected chi connectivity index (χ3v) is 3.63. The van der Waals surface area contributed by atoms with Crippen LogP contribution in [0.5, 0.6) is 17.4 Å². The summed E-state index contributed by atoms with van der Waals surface area (Å²) < 4.78 is 46.8. The van der Waals surface area contributed by atoms with Crippen LogP contribution in [0.3, 0.4) is 0 Å². The van der Waals surface area contributed by atoms with E-state index in [0.29, 0.717) is 17.0 Å². The number of aromatic nitrogens is 1. The number of nitrogens with zero attached hydrogens (tertiary/aromatic N) is 1. The molecule has 150 valence electrons. The zero-order valence-electron chi connectivity index (χ0n) is 14.9. The van der Waals surface area contributed by atoms with E-state index in [-0.39, 0.29) is 24.0 Å². The van der Waals surface area contributed by atoms with Gasteiger partial charge in [-0.2, -0.15) is 8.78 Å². The van der Waals surface area contributed by atoms with Gasteiger partial charge in [-0.1, -0.05) is 12.1 Å². The summed E-state index contributed by atoms with van der Waals surface area (Å²) in [5.74, 6) is 0.395. The molecule has 2 aromatic carbocycles. The van der Waals surface area contributed by atoms with E-state index in [1.54, 1.807) is 24.3 Å². The van der Waals surface area contributed by atoms with E-state index in [0.717, 1.165) is 0 Å². The van der Waals surface area contributed by atoms with Crippen LogP contribution in [0.15, 0.2) is 66.9 Å². The van der Waals surface area contributed by atoms with Crippen molar-refractivity contribution >= 4 is 11.7 Å². The molecular formula is C20H16F3N3O3. The molecule has 29 heavy (non-hydrogen) atoms. The number of pyridine rings is 1. The van der Waals surface area contributed by atoms with E-state index in [2.05, 4.69) is 20.4 Å². The molecule has 3 aromatic rings. The van der Waals surface area contributed by atoms with Crippen molar-refractivity contribution in [2.75, 3.05) is 5.32 Å². The van der Waals surface area contributed by atoms with Gasteiger partial charge in [0.05, 0.1) is 11.9 Å². The fraction of sp³-hybridized carbons (Fsp3) is 0.100. The number of alkyl halides is 2. The number of benzene rings is 2. The number of amides is 2. The maximum absolute atomic E-state index is 12.9. The molecule has 0 aliphatic rings. The SMILES string of the molecule is O=C(NCc1ccc(OC(F)F)cc1)Nc1ccc(Oc2ccc(F)cc2)nc1. The molecule has 2 N–H and O–H groups in total. The number of rotatable bonds is 7. The standard InChI is InChI=1S/C20H16F3N3O3/c21-14-3-8-16(9-4-14)28-18-10-5-15(12-24-18)26-20(27)25-11-13-1-6-17(7-2-13)29-19(22)23/h1-10,12,19H,11H2,(H2,25,26,27). The van der Waals surface area contributed by atoms with Crippen LogP contribution in [0.2, 0.25) is 0 Å². The van der Waals surface area contributed by atoms with E-state index in [4.69, 9.17) is 4.74 Å². The highest BCUT2D eigenvalue weighted by Gasteiger charge is 2.06. The Morgan fingerprint density at radius 1 is 0.966 bits per heavy atom. The summed E-state index contributed by atoms with van der Waals surface area (Å²) in [5, 5.41) is 5.24. The van der Waals surface area contributed by atoms with E-state index in [1.807, 2.05) is 0 Å². The van der Waals surface area contributed by atoms with E-state index in [1.165, 1.54) is 42.6 Å². The van der Waals surface area contributed by atoms with Crippen LogP contribution in [0, 0.1) is 5.82 Å². The van der Waals surface area contributed by atoms with Gasteiger partial charge >= 0.3 is 12.6 Å². The quantitative estimate of drug-likeness (QED) is 0.586. The maximum atomic E-state index is 12.9. The Labute approximate surface area is 164 Å². The lowest BCUT2D eigenvalue weighted by Crippen LogP contribution is -2.28. The predicted octanol–water partition coefficient (Wildman–Crippen LogP) is 4.94. The Morgan fingerprint density at radius 3 is 2.28 bits per heavy atom. The van der Waals surface area contributed by atoms with Crippen molar-refractivity contribution in [2.45, 2.75) is 13.2 Å². The lowest BCUT2D eigenvalue weighted by molar-refractivity contribution is -0.0498. The van der Waals surface area contributed by atoms with Crippen molar-refractivity contribution in [3.05, 3.63) is 78.2 Å². The van der Waals surface area contributed by atoms with Gasteiger partial charge in [-0.3, -0.25) is 0 Å². The van der Waals surface area contributed by atoms with Gasteiger partial charge in [0.2, 0.25) is 5.88 Å². The number of ether oxygens (including phenoxy) is 2. The van der Waals surface area contributed by atoms with Gasteiger partial charge in [-0.25, -0.2) is 14.2 Å². The molecule has 0 fully saturated rings. The predicted molar refractivity (Wildman–Crippen MR) is 99.6 cm³/mol. The average molecular weight is 403 g/mol. The molecule has 0 spiro atoms. The average Bonchev–Trinajstić information content (AvgIpc) is 2.70. The molecule has 0 saturated heterocycles. The molecule has 1 aromatic heterocycles. The Kier molecular flexibility index (Phi) is 6.51. The minimum Gasteiger partial charge on any atom is -0.439 e. The second-order valence-corrected chi connectivity index (χ2v) is 5.77. The number of hydrogen-bond donors (Lipinski definition) is 2. The summed E-state index contributed by atoms with van der Waals surface area (Å²) in [6.45, 7) is -2.69. The van der Waals surface area contributed by atoms with E-state index >= 15 is 0 Å². The lowest BCUT2D eigenvalue weighted by atomic mass is 10.2. The number of carbonyl (C=O) groups is 1. The second kappa shape index (κ2) is 9.45. The molecule has 1 heterocycles. The first-order valence-corrected chi connectivity index (χ1v) is 8.46. The van der Waals surface area contributed by atoms with E-state index in [9.17, 15) is 18.0 Å². The first kappa shape index (κ1) is 20.0. The van der Waals surface area contributed by atoms with Gasteiger partial charge in [-0.15, -0.1) is 0 Å². The van der Waals surface area contributed by atoms with Crippen molar-refractivity contribution < 1.29 is 27.4 Å². The highest BCUT2D eigenvalue weighted by molar-refractivity contribution is 5.88. The van der Waals surface area contributed by atoms with Crippen LogP contribution < -0.4 is 20.1 Å². The lowest BCUT2D eigenvalue weighted by Gasteiger charge is -2.09. The molecule has 0 atom stereocenters. The molecule has 0 radical (unpaired) electrons. The summed E-state index contributed by atoms with van der Waals surface area (Å²) in [6, 6.07) is 14.1. The number of nitrogens with one attached hydrogen (secondary N) is 2. The summed E-state index contributed by atoms with van der Waals surface area (Å²) in [5.41, 5.74) is 1.15. The molecule has 0 unspecified atom stereocenters. The molecule has 0 aliphatic heterocycles.